The van der Waals surface area contributed by atoms with E-state index in [1.54, 1.807) is 0 Å². The van der Waals surface area contributed by atoms with Crippen molar-refractivity contribution in [2.75, 3.05) is 0 Å². The second-order valence-electron chi connectivity index (χ2n) is 7.59. The van der Waals surface area contributed by atoms with E-state index in [-0.39, 0.29) is 41.4 Å². The minimum atomic E-state index is -5.04. The maximum atomic E-state index is 13.0. The van der Waals surface area contributed by atoms with Crippen LogP contribution in [0.3, 0.4) is 0 Å². The van der Waals surface area contributed by atoms with Crippen LogP contribution in [0.25, 0.3) is 0 Å². The third-order valence-electron chi connectivity index (χ3n) is 5.75. The van der Waals surface area contributed by atoms with Gasteiger partial charge >= 0.3 is 45.9 Å². The Hall–Kier alpha value is -0.150. The minimum Gasteiger partial charge on any atom is -0.550 e. The van der Waals surface area contributed by atoms with Crippen molar-refractivity contribution in [3.05, 3.63) is 0 Å². The maximum Gasteiger partial charge on any atom is 1.00 e. The SMILES string of the molecule is CCCCCC(CC)C(CC(=O)[O-])(C(=O)OS(=O)(=O)O)C(CC)CCCCC.[Na+]. The van der Waals surface area contributed by atoms with E-state index in [2.05, 4.69) is 4.18 Å². The molecule has 29 heavy (non-hydrogen) atoms. The molecule has 0 aromatic heterocycles. The van der Waals surface area contributed by atoms with Crippen molar-refractivity contribution in [2.24, 2.45) is 17.3 Å². The van der Waals surface area contributed by atoms with Crippen LogP contribution in [0.1, 0.15) is 98.3 Å². The third-order valence-corrected chi connectivity index (χ3v) is 6.11. The second kappa shape index (κ2) is 15.6. The molecule has 1 N–H and O–H groups in total. The molecule has 0 bridgehead atoms. The van der Waals surface area contributed by atoms with Crippen molar-refractivity contribution in [3.63, 3.8) is 0 Å². The molecule has 0 saturated heterocycles. The maximum absolute atomic E-state index is 13.0. The van der Waals surface area contributed by atoms with Gasteiger partial charge in [0, 0.05) is 12.4 Å². The van der Waals surface area contributed by atoms with Gasteiger partial charge in [0.25, 0.3) is 0 Å². The van der Waals surface area contributed by atoms with Crippen LogP contribution < -0.4 is 34.7 Å². The predicted octanol–water partition coefficient (Wildman–Crippen LogP) is 0.676. The van der Waals surface area contributed by atoms with Gasteiger partial charge in [-0.1, -0.05) is 79.1 Å². The number of carboxylic acid groups (broad SMARTS) is 1. The number of aliphatic carboxylic acids is 1. The van der Waals surface area contributed by atoms with Crippen LogP contribution in [-0.4, -0.2) is 24.9 Å². The molecule has 0 saturated carbocycles. The van der Waals surface area contributed by atoms with E-state index >= 15 is 0 Å². The smallest absolute Gasteiger partial charge is 0.550 e. The average molecular weight is 445 g/mol. The summed E-state index contributed by atoms with van der Waals surface area (Å²) in [6.07, 6.45) is 6.95. The molecule has 0 aliphatic heterocycles. The molecular weight excluding hydrogens is 407 g/mol. The van der Waals surface area contributed by atoms with Crippen LogP contribution >= 0.6 is 0 Å². The molecule has 0 radical (unpaired) electrons. The van der Waals surface area contributed by atoms with Crippen molar-refractivity contribution in [3.8, 4) is 0 Å². The summed E-state index contributed by atoms with van der Waals surface area (Å²) in [5.41, 5.74) is -1.54. The molecule has 0 aromatic carbocycles. The quantitative estimate of drug-likeness (QED) is 0.211. The molecule has 0 aliphatic rings. The van der Waals surface area contributed by atoms with Crippen molar-refractivity contribution < 1.29 is 61.4 Å². The van der Waals surface area contributed by atoms with Gasteiger partial charge in [-0.3, -0.25) is 9.35 Å². The number of carboxylic acids is 1. The summed E-state index contributed by atoms with van der Waals surface area (Å²) in [4.78, 5) is 24.7. The van der Waals surface area contributed by atoms with Crippen LogP contribution in [0.4, 0.5) is 0 Å². The van der Waals surface area contributed by atoms with Gasteiger partial charge in [0.15, 0.2) is 0 Å². The number of hydrogen-bond acceptors (Lipinski definition) is 6. The van der Waals surface area contributed by atoms with E-state index in [1.165, 1.54) is 0 Å². The Morgan fingerprint density at radius 3 is 1.62 bits per heavy atom. The zero-order chi connectivity index (χ0) is 21.8. The molecule has 0 rings (SSSR count). The fraction of sp³-hybridized carbons (Fsp3) is 0.900. The Labute approximate surface area is 198 Å². The van der Waals surface area contributed by atoms with Gasteiger partial charge in [-0.05, 0) is 24.7 Å². The molecule has 7 nitrogen and oxygen atoms in total. The Balaban J connectivity index is 0. The van der Waals surface area contributed by atoms with E-state index in [1.807, 2.05) is 27.7 Å². The number of carbonyl (C=O) groups excluding carboxylic acids is 2. The molecular formula is C20H37NaO7S. The monoisotopic (exact) mass is 444 g/mol. The Morgan fingerprint density at radius 1 is 0.931 bits per heavy atom. The van der Waals surface area contributed by atoms with E-state index in [0.29, 0.717) is 25.7 Å². The van der Waals surface area contributed by atoms with Crippen molar-refractivity contribution in [2.45, 2.75) is 98.3 Å². The van der Waals surface area contributed by atoms with E-state index in [4.69, 9.17) is 4.55 Å². The first-order chi connectivity index (χ1) is 13.1. The van der Waals surface area contributed by atoms with Gasteiger partial charge in [0.2, 0.25) is 0 Å². The van der Waals surface area contributed by atoms with Crippen molar-refractivity contribution in [1.29, 1.82) is 0 Å². The largest absolute Gasteiger partial charge is 1.00 e. The summed E-state index contributed by atoms with van der Waals surface area (Å²) in [5.74, 6) is -3.35. The fourth-order valence-corrected chi connectivity index (χ4v) is 4.72. The summed E-state index contributed by atoms with van der Waals surface area (Å²) < 4.78 is 36.0. The molecule has 0 spiro atoms. The molecule has 0 aromatic rings. The van der Waals surface area contributed by atoms with Crippen molar-refractivity contribution in [1.82, 2.24) is 0 Å². The molecule has 2 unspecified atom stereocenters. The van der Waals surface area contributed by atoms with Crippen LogP contribution in [0.2, 0.25) is 0 Å². The van der Waals surface area contributed by atoms with Crippen molar-refractivity contribution >= 4 is 22.3 Å². The number of unbranched alkanes of at least 4 members (excludes halogenated alkanes) is 4. The van der Waals surface area contributed by atoms with Gasteiger partial charge in [-0.2, -0.15) is 8.42 Å². The number of carbonyl (C=O) groups is 2. The van der Waals surface area contributed by atoms with Crippen LogP contribution in [0.15, 0.2) is 0 Å². The zero-order valence-electron chi connectivity index (χ0n) is 18.7. The van der Waals surface area contributed by atoms with Crippen LogP contribution in [0.5, 0.6) is 0 Å². The fourth-order valence-electron chi connectivity index (χ4n) is 4.37. The molecule has 0 amide bonds. The first kappa shape index (κ1) is 31.0. The molecule has 9 heteroatoms. The van der Waals surface area contributed by atoms with Crippen LogP contribution in [-0.2, 0) is 24.2 Å². The average Bonchev–Trinajstić information content (AvgIpc) is 2.59. The molecule has 0 fully saturated rings. The van der Waals surface area contributed by atoms with E-state index in [9.17, 15) is 23.1 Å². The normalized spacial score (nSPS) is 15.6. The van der Waals surface area contributed by atoms with Gasteiger partial charge < -0.3 is 14.1 Å². The van der Waals surface area contributed by atoms with Gasteiger partial charge in [-0.15, -0.1) is 0 Å². The number of hydrogen-bond donors (Lipinski definition) is 1. The minimum absolute atomic E-state index is 0. The topological polar surface area (TPSA) is 121 Å². The third kappa shape index (κ3) is 10.6. The van der Waals surface area contributed by atoms with E-state index < -0.39 is 34.2 Å². The van der Waals surface area contributed by atoms with Gasteiger partial charge in [0.1, 0.15) is 0 Å². The number of rotatable bonds is 16. The Kier molecular flexibility index (Phi) is 16.7. The van der Waals surface area contributed by atoms with Gasteiger partial charge in [0.05, 0.1) is 5.41 Å². The van der Waals surface area contributed by atoms with Crippen LogP contribution in [0, 0.1) is 17.3 Å². The summed E-state index contributed by atoms with van der Waals surface area (Å²) >= 11 is 0. The standard InChI is InChI=1S/C20H38O7S.Na/c1-5-9-11-13-16(7-3)20(15-18(21)22,19(23)27-28(24,25)26)17(8-4)14-12-10-6-2;/h16-17H,5-15H2,1-4H3,(H,21,22)(H,24,25,26);/q;+1/p-1. The summed E-state index contributed by atoms with van der Waals surface area (Å²) in [7, 11) is -5.04. The second-order valence-corrected chi connectivity index (χ2v) is 8.61. The Morgan fingerprint density at radius 2 is 1.34 bits per heavy atom. The Bertz CT molecular complexity index is 559. The molecule has 0 aliphatic carbocycles. The molecule has 2 atom stereocenters. The molecule has 0 heterocycles. The summed E-state index contributed by atoms with van der Waals surface area (Å²) in [6.45, 7) is 7.81. The van der Waals surface area contributed by atoms with E-state index in [0.717, 1.165) is 38.5 Å². The molecule has 166 valence electrons. The first-order valence-electron chi connectivity index (χ1n) is 10.5. The zero-order valence-corrected chi connectivity index (χ0v) is 21.6. The predicted molar refractivity (Wildman–Crippen MR) is 106 cm³/mol. The summed E-state index contributed by atoms with van der Waals surface area (Å²) in [5, 5.41) is 11.7. The summed E-state index contributed by atoms with van der Waals surface area (Å²) in [6, 6.07) is 0. The van der Waals surface area contributed by atoms with Gasteiger partial charge in [-0.25, -0.2) is 0 Å². The first-order valence-corrected chi connectivity index (χ1v) is 11.9.